The maximum Gasteiger partial charge on any atom is 0.255 e. The lowest BCUT2D eigenvalue weighted by molar-refractivity contribution is 0.0951. The van der Waals surface area contributed by atoms with Crippen molar-refractivity contribution in [2.75, 3.05) is 5.32 Å². The number of para-hydroxylation sites is 1. The number of fused-ring (bicyclic) bond motifs is 1. The Morgan fingerprint density at radius 3 is 2.50 bits per heavy atom. The fraction of sp³-hybridized carbons (Fsp3) is 0.130. The van der Waals surface area contributed by atoms with Gasteiger partial charge in [0.25, 0.3) is 11.8 Å². The predicted octanol–water partition coefficient (Wildman–Crippen LogP) is 3.53. The first-order valence-corrected chi connectivity index (χ1v) is 9.56. The van der Waals surface area contributed by atoms with E-state index in [-0.39, 0.29) is 18.4 Å². The number of carbonyl (C=O) groups is 2. The summed E-state index contributed by atoms with van der Waals surface area (Å²) in [5.74, 6) is -0.575. The summed E-state index contributed by atoms with van der Waals surface area (Å²) in [6.07, 6.45) is 5.02. The van der Waals surface area contributed by atoms with E-state index in [0.29, 0.717) is 16.8 Å². The Balaban J connectivity index is 1.53. The molecule has 4 aromatic rings. The van der Waals surface area contributed by atoms with Gasteiger partial charge in [0.15, 0.2) is 0 Å². The highest BCUT2D eigenvalue weighted by molar-refractivity contribution is 6.09. The molecule has 0 bridgehead atoms. The fourth-order valence-electron chi connectivity index (χ4n) is 3.26. The number of hydrogen-bond acceptors (Lipinski definition) is 4. The molecule has 0 radical (unpaired) electrons. The number of rotatable bonds is 5. The van der Waals surface area contributed by atoms with Gasteiger partial charge in [-0.25, -0.2) is 4.98 Å². The van der Waals surface area contributed by atoms with Crippen molar-refractivity contribution in [3.63, 3.8) is 0 Å². The normalized spacial score (nSPS) is 10.7. The number of amides is 2. The van der Waals surface area contributed by atoms with Crippen LogP contribution in [0.25, 0.3) is 5.65 Å². The van der Waals surface area contributed by atoms with Crippen LogP contribution in [-0.4, -0.2) is 26.2 Å². The topological polar surface area (TPSA) is 88.4 Å². The number of aryl methyl sites for hydroxylation is 2. The van der Waals surface area contributed by atoms with Crippen molar-refractivity contribution in [2.24, 2.45) is 0 Å². The summed E-state index contributed by atoms with van der Waals surface area (Å²) in [6, 6.07) is 14.5. The second-order valence-electron chi connectivity index (χ2n) is 7.00. The summed E-state index contributed by atoms with van der Waals surface area (Å²) < 4.78 is 1.98. The van der Waals surface area contributed by atoms with Crippen molar-refractivity contribution < 1.29 is 9.59 Å². The van der Waals surface area contributed by atoms with E-state index in [4.69, 9.17) is 0 Å². The Hall–Kier alpha value is -4.00. The molecule has 4 rings (SSSR count). The van der Waals surface area contributed by atoms with Crippen LogP contribution >= 0.6 is 0 Å². The Labute approximate surface area is 173 Å². The second-order valence-corrected chi connectivity index (χ2v) is 7.00. The molecular weight excluding hydrogens is 378 g/mol. The molecule has 0 fully saturated rings. The maximum absolute atomic E-state index is 12.9. The van der Waals surface area contributed by atoms with Gasteiger partial charge in [0, 0.05) is 29.8 Å². The molecule has 0 saturated carbocycles. The Morgan fingerprint density at radius 2 is 1.73 bits per heavy atom. The zero-order valence-corrected chi connectivity index (χ0v) is 16.7. The Morgan fingerprint density at radius 1 is 0.967 bits per heavy atom. The van der Waals surface area contributed by atoms with E-state index in [1.54, 1.807) is 36.7 Å². The van der Waals surface area contributed by atoms with Crippen LogP contribution in [0.2, 0.25) is 0 Å². The van der Waals surface area contributed by atoms with Crippen molar-refractivity contribution >= 4 is 23.1 Å². The van der Waals surface area contributed by atoms with Gasteiger partial charge >= 0.3 is 0 Å². The molecule has 3 heterocycles. The second kappa shape index (κ2) is 8.16. The van der Waals surface area contributed by atoms with Gasteiger partial charge in [-0.3, -0.25) is 14.6 Å². The molecular formula is C23H21N5O2. The summed E-state index contributed by atoms with van der Waals surface area (Å²) in [4.78, 5) is 33.9. The summed E-state index contributed by atoms with van der Waals surface area (Å²) in [7, 11) is 0. The van der Waals surface area contributed by atoms with Gasteiger partial charge in [-0.05, 0) is 49.7 Å². The number of aromatic nitrogens is 3. The first kappa shape index (κ1) is 19.3. The summed E-state index contributed by atoms with van der Waals surface area (Å²) in [6.45, 7) is 4.14. The van der Waals surface area contributed by atoms with Crippen LogP contribution in [0.4, 0.5) is 5.69 Å². The van der Waals surface area contributed by atoms with Crippen LogP contribution in [-0.2, 0) is 6.54 Å². The third kappa shape index (κ3) is 3.91. The largest absolute Gasteiger partial charge is 0.346 e. The molecule has 0 aliphatic carbocycles. The SMILES string of the molecule is Cc1cccc(C(=O)NCc2cn3c(C)cccc3n2)c1NC(=O)c1ccncc1. The quantitative estimate of drug-likeness (QED) is 0.537. The lowest BCUT2D eigenvalue weighted by Crippen LogP contribution is -2.25. The number of imidazole rings is 1. The first-order valence-electron chi connectivity index (χ1n) is 9.56. The molecule has 2 N–H and O–H groups in total. The van der Waals surface area contributed by atoms with Crippen molar-refractivity contribution in [3.8, 4) is 0 Å². The molecule has 2 amide bonds. The molecule has 30 heavy (non-hydrogen) atoms. The number of hydrogen-bond donors (Lipinski definition) is 2. The van der Waals surface area contributed by atoms with E-state index in [0.717, 1.165) is 22.6 Å². The molecule has 7 nitrogen and oxygen atoms in total. The zero-order valence-electron chi connectivity index (χ0n) is 16.7. The molecule has 0 atom stereocenters. The molecule has 0 aliphatic rings. The number of nitrogens with zero attached hydrogens (tertiary/aromatic N) is 3. The molecule has 0 saturated heterocycles. The molecule has 3 aromatic heterocycles. The van der Waals surface area contributed by atoms with Gasteiger partial charge in [0.2, 0.25) is 0 Å². The van der Waals surface area contributed by atoms with Crippen LogP contribution in [0, 0.1) is 13.8 Å². The van der Waals surface area contributed by atoms with E-state index in [2.05, 4.69) is 20.6 Å². The molecule has 0 aliphatic heterocycles. The third-order valence-electron chi connectivity index (χ3n) is 4.87. The van der Waals surface area contributed by atoms with E-state index in [1.165, 1.54) is 0 Å². The minimum absolute atomic E-state index is 0.280. The van der Waals surface area contributed by atoms with Gasteiger partial charge in [0.1, 0.15) is 5.65 Å². The lowest BCUT2D eigenvalue weighted by atomic mass is 10.1. The molecule has 0 unspecified atom stereocenters. The van der Waals surface area contributed by atoms with Crippen LogP contribution in [0.15, 0.2) is 67.1 Å². The van der Waals surface area contributed by atoms with Crippen molar-refractivity contribution in [1.29, 1.82) is 0 Å². The molecule has 0 spiro atoms. The minimum atomic E-state index is -0.295. The fourth-order valence-corrected chi connectivity index (χ4v) is 3.26. The van der Waals surface area contributed by atoms with Gasteiger partial charge in [-0.1, -0.05) is 18.2 Å². The summed E-state index contributed by atoms with van der Waals surface area (Å²) in [5.41, 5.74) is 4.82. The average Bonchev–Trinajstić information content (AvgIpc) is 3.18. The first-order chi connectivity index (χ1) is 14.5. The highest BCUT2D eigenvalue weighted by atomic mass is 16.2. The molecule has 150 valence electrons. The smallest absolute Gasteiger partial charge is 0.255 e. The molecule has 7 heteroatoms. The maximum atomic E-state index is 12.9. The van der Waals surface area contributed by atoms with Crippen molar-refractivity contribution in [2.45, 2.75) is 20.4 Å². The third-order valence-corrected chi connectivity index (χ3v) is 4.87. The van der Waals surface area contributed by atoms with Crippen LogP contribution in [0.1, 0.15) is 37.7 Å². The van der Waals surface area contributed by atoms with Crippen LogP contribution < -0.4 is 10.6 Å². The minimum Gasteiger partial charge on any atom is -0.346 e. The number of anilines is 1. The van der Waals surface area contributed by atoms with Gasteiger partial charge < -0.3 is 15.0 Å². The number of carbonyl (C=O) groups excluding carboxylic acids is 2. The summed E-state index contributed by atoms with van der Waals surface area (Å²) in [5, 5.41) is 5.76. The van der Waals surface area contributed by atoms with Crippen molar-refractivity contribution in [1.82, 2.24) is 19.7 Å². The number of nitrogens with one attached hydrogen (secondary N) is 2. The van der Waals surface area contributed by atoms with Crippen LogP contribution in [0.3, 0.4) is 0 Å². The zero-order chi connectivity index (χ0) is 21.1. The monoisotopic (exact) mass is 399 g/mol. The van der Waals surface area contributed by atoms with Gasteiger partial charge in [-0.2, -0.15) is 0 Å². The van der Waals surface area contributed by atoms with E-state index >= 15 is 0 Å². The van der Waals surface area contributed by atoms with E-state index in [9.17, 15) is 9.59 Å². The van der Waals surface area contributed by atoms with Crippen molar-refractivity contribution in [3.05, 3.63) is 95.2 Å². The standard InChI is InChI=1S/C23H21N5O2/c1-15-5-3-7-19(21(15)27-22(29)17-9-11-24-12-10-17)23(30)25-13-18-14-28-16(2)6-4-8-20(28)26-18/h3-12,14H,13H2,1-2H3,(H,25,30)(H,27,29). The highest BCUT2D eigenvalue weighted by Crippen LogP contribution is 2.21. The van der Waals surface area contributed by atoms with Gasteiger partial charge in [0.05, 0.1) is 23.5 Å². The van der Waals surface area contributed by atoms with E-state index < -0.39 is 0 Å². The van der Waals surface area contributed by atoms with E-state index in [1.807, 2.05) is 48.7 Å². The Kier molecular flexibility index (Phi) is 5.26. The Bertz CT molecular complexity index is 1230. The van der Waals surface area contributed by atoms with Gasteiger partial charge in [-0.15, -0.1) is 0 Å². The average molecular weight is 399 g/mol. The highest BCUT2D eigenvalue weighted by Gasteiger charge is 2.16. The number of benzene rings is 1. The summed E-state index contributed by atoms with van der Waals surface area (Å²) >= 11 is 0. The van der Waals surface area contributed by atoms with Crippen LogP contribution in [0.5, 0.6) is 0 Å². The predicted molar refractivity (Wildman–Crippen MR) is 114 cm³/mol. The number of pyridine rings is 2. The lowest BCUT2D eigenvalue weighted by Gasteiger charge is -2.14. The molecule has 1 aromatic carbocycles.